The number of aryl methyl sites for hydroxylation is 1. The van der Waals surface area contributed by atoms with Crippen LogP contribution in [0.15, 0.2) is 24.3 Å². The van der Waals surface area contributed by atoms with Gasteiger partial charge in [0.05, 0.1) is 0 Å². The van der Waals surface area contributed by atoms with Crippen molar-refractivity contribution >= 4 is 0 Å². The van der Waals surface area contributed by atoms with Crippen molar-refractivity contribution in [2.75, 3.05) is 26.2 Å². The van der Waals surface area contributed by atoms with E-state index in [0.29, 0.717) is 6.04 Å². The van der Waals surface area contributed by atoms with Crippen LogP contribution in [-0.4, -0.2) is 37.1 Å². The highest BCUT2D eigenvalue weighted by molar-refractivity contribution is 5.23. The Labute approximate surface area is 111 Å². The molecule has 18 heavy (non-hydrogen) atoms. The Balaban J connectivity index is 1.95. The monoisotopic (exact) mass is 246 g/mol. The van der Waals surface area contributed by atoms with Gasteiger partial charge >= 0.3 is 0 Å². The highest BCUT2D eigenvalue weighted by Gasteiger charge is 2.18. The van der Waals surface area contributed by atoms with Crippen LogP contribution >= 0.6 is 0 Å². The number of rotatable bonds is 5. The van der Waals surface area contributed by atoms with E-state index < -0.39 is 0 Å². The van der Waals surface area contributed by atoms with Crippen LogP contribution in [0.2, 0.25) is 0 Å². The van der Waals surface area contributed by atoms with E-state index in [1.54, 1.807) is 0 Å². The molecule has 1 N–H and O–H groups in total. The summed E-state index contributed by atoms with van der Waals surface area (Å²) in [5.41, 5.74) is 2.92. The van der Waals surface area contributed by atoms with Crippen molar-refractivity contribution in [1.82, 2.24) is 10.2 Å². The van der Waals surface area contributed by atoms with Crippen molar-refractivity contribution in [2.45, 2.75) is 39.2 Å². The zero-order valence-corrected chi connectivity index (χ0v) is 11.8. The molecule has 1 atom stereocenters. The molecule has 2 rings (SSSR count). The van der Waals surface area contributed by atoms with Gasteiger partial charge in [0.1, 0.15) is 0 Å². The topological polar surface area (TPSA) is 15.3 Å². The molecule has 0 aliphatic carbocycles. The van der Waals surface area contributed by atoms with Crippen LogP contribution in [0.5, 0.6) is 0 Å². The molecule has 100 valence electrons. The fourth-order valence-electron chi connectivity index (χ4n) is 2.76. The average Bonchev–Trinajstić information content (AvgIpc) is 2.46. The molecule has 0 amide bonds. The molecule has 1 fully saturated rings. The first kappa shape index (κ1) is 13.6. The summed E-state index contributed by atoms with van der Waals surface area (Å²) in [7, 11) is 0. The minimum Gasteiger partial charge on any atom is -0.314 e. The van der Waals surface area contributed by atoms with Crippen molar-refractivity contribution < 1.29 is 0 Å². The van der Waals surface area contributed by atoms with Crippen molar-refractivity contribution in [3.63, 3.8) is 0 Å². The van der Waals surface area contributed by atoms with Crippen molar-refractivity contribution in [1.29, 1.82) is 0 Å². The molecule has 0 aromatic heterocycles. The second-order valence-electron chi connectivity index (χ2n) is 5.22. The maximum Gasteiger partial charge on any atom is 0.0134 e. The van der Waals surface area contributed by atoms with E-state index in [9.17, 15) is 0 Å². The fourth-order valence-corrected chi connectivity index (χ4v) is 2.76. The average molecular weight is 246 g/mol. The molecule has 1 aliphatic heterocycles. The fraction of sp³-hybridized carbons (Fsp3) is 0.625. The summed E-state index contributed by atoms with van der Waals surface area (Å²) in [6.07, 6.45) is 3.57. The summed E-state index contributed by atoms with van der Waals surface area (Å²) in [5.74, 6) is 0. The highest BCUT2D eigenvalue weighted by atomic mass is 15.2. The molecule has 2 heteroatoms. The lowest BCUT2D eigenvalue weighted by Gasteiger charge is -2.34. The van der Waals surface area contributed by atoms with Gasteiger partial charge in [0.2, 0.25) is 0 Å². The van der Waals surface area contributed by atoms with Gasteiger partial charge in [0.15, 0.2) is 0 Å². The van der Waals surface area contributed by atoms with Crippen LogP contribution in [0.1, 0.15) is 31.4 Å². The Morgan fingerprint density at radius 1 is 1.06 bits per heavy atom. The smallest absolute Gasteiger partial charge is 0.0134 e. The maximum atomic E-state index is 3.43. The number of benzene rings is 1. The third-order valence-electron chi connectivity index (χ3n) is 4.04. The predicted molar refractivity (Wildman–Crippen MR) is 78.0 cm³/mol. The summed E-state index contributed by atoms with van der Waals surface area (Å²) in [4.78, 5) is 2.64. The molecule has 0 bridgehead atoms. The van der Waals surface area contributed by atoms with Crippen LogP contribution in [0.25, 0.3) is 0 Å². The van der Waals surface area contributed by atoms with Crippen molar-refractivity contribution in [3.05, 3.63) is 35.4 Å². The molecule has 0 spiro atoms. The van der Waals surface area contributed by atoms with Crippen LogP contribution in [0, 0.1) is 0 Å². The molecule has 1 aromatic carbocycles. The summed E-state index contributed by atoms with van der Waals surface area (Å²) >= 11 is 0. The summed E-state index contributed by atoms with van der Waals surface area (Å²) < 4.78 is 0. The van der Waals surface area contributed by atoms with Gasteiger partial charge in [-0.1, -0.05) is 38.1 Å². The molecular weight excluding hydrogens is 220 g/mol. The lowest BCUT2D eigenvalue weighted by molar-refractivity contribution is 0.167. The van der Waals surface area contributed by atoms with Crippen LogP contribution in [0.3, 0.4) is 0 Å². The van der Waals surface area contributed by atoms with E-state index in [4.69, 9.17) is 0 Å². The molecule has 2 nitrogen and oxygen atoms in total. The minimum atomic E-state index is 0.708. The molecule has 1 aliphatic rings. The number of hydrogen-bond donors (Lipinski definition) is 1. The van der Waals surface area contributed by atoms with Crippen LogP contribution in [0.4, 0.5) is 0 Å². The molecule has 1 saturated heterocycles. The Bertz CT molecular complexity index is 339. The highest BCUT2D eigenvalue weighted by Crippen LogP contribution is 2.14. The Kier molecular flexibility index (Phi) is 5.21. The quantitative estimate of drug-likeness (QED) is 0.858. The number of nitrogens with zero attached hydrogens (tertiary/aromatic N) is 1. The largest absolute Gasteiger partial charge is 0.314 e. The zero-order chi connectivity index (χ0) is 12.8. The van der Waals surface area contributed by atoms with E-state index in [1.165, 1.54) is 37.1 Å². The number of piperazine rings is 1. The first-order chi connectivity index (χ1) is 8.83. The number of nitrogens with one attached hydrogen (secondary N) is 1. The van der Waals surface area contributed by atoms with Gasteiger partial charge < -0.3 is 5.32 Å². The van der Waals surface area contributed by atoms with Gasteiger partial charge in [-0.2, -0.15) is 0 Å². The molecule has 0 radical (unpaired) electrons. The first-order valence-electron chi connectivity index (χ1n) is 7.36. The zero-order valence-electron chi connectivity index (χ0n) is 11.8. The first-order valence-corrected chi connectivity index (χ1v) is 7.36. The Hall–Kier alpha value is -0.860. The van der Waals surface area contributed by atoms with Gasteiger partial charge in [0.25, 0.3) is 0 Å². The molecule has 1 unspecified atom stereocenters. The van der Waals surface area contributed by atoms with Gasteiger partial charge in [0, 0.05) is 32.2 Å². The van der Waals surface area contributed by atoms with E-state index in [0.717, 1.165) is 19.5 Å². The standard InChI is InChI=1S/C16H26N2/c1-3-14-5-7-15(8-6-14)13-16(4-2)18-11-9-17-10-12-18/h5-8,16-17H,3-4,9-13H2,1-2H3. The SMILES string of the molecule is CCc1ccc(CC(CC)N2CCNCC2)cc1. The summed E-state index contributed by atoms with van der Waals surface area (Å²) in [6, 6.07) is 9.88. The molecule has 1 aromatic rings. The number of hydrogen-bond acceptors (Lipinski definition) is 2. The van der Waals surface area contributed by atoms with E-state index >= 15 is 0 Å². The van der Waals surface area contributed by atoms with E-state index in [2.05, 4.69) is 48.3 Å². The van der Waals surface area contributed by atoms with Gasteiger partial charge in [-0.3, -0.25) is 4.90 Å². The summed E-state index contributed by atoms with van der Waals surface area (Å²) in [6.45, 7) is 9.21. The van der Waals surface area contributed by atoms with Gasteiger partial charge in [-0.15, -0.1) is 0 Å². The normalized spacial score (nSPS) is 18.8. The minimum absolute atomic E-state index is 0.708. The molecule has 1 heterocycles. The molecular formula is C16H26N2. The third-order valence-corrected chi connectivity index (χ3v) is 4.04. The predicted octanol–water partition coefficient (Wildman–Crippen LogP) is 2.48. The Morgan fingerprint density at radius 2 is 1.67 bits per heavy atom. The maximum absolute atomic E-state index is 3.43. The van der Waals surface area contributed by atoms with Crippen molar-refractivity contribution in [3.8, 4) is 0 Å². The second-order valence-corrected chi connectivity index (χ2v) is 5.22. The van der Waals surface area contributed by atoms with Gasteiger partial charge in [-0.05, 0) is 30.4 Å². The second kappa shape index (κ2) is 6.91. The lowest BCUT2D eigenvalue weighted by Crippen LogP contribution is -2.48. The van der Waals surface area contributed by atoms with E-state index in [-0.39, 0.29) is 0 Å². The van der Waals surface area contributed by atoms with Gasteiger partial charge in [-0.25, -0.2) is 0 Å². The third kappa shape index (κ3) is 3.56. The van der Waals surface area contributed by atoms with Crippen LogP contribution in [-0.2, 0) is 12.8 Å². The lowest BCUT2D eigenvalue weighted by atomic mass is 10.00. The Morgan fingerprint density at radius 3 is 2.22 bits per heavy atom. The van der Waals surface area contributed by atoms with E-state index in [1.807, 2.05) is 0 Å². The summed E-state index contributed by atoms with van der Waals surface area (Å²) in [5, 5.41) is 3.43. The molecule has 0 saturated carbocycles. The van der Waals surface area contributed by atoms with Crippen LogP contribution < -0.4 is 5.32 Å². The van der Waals surface area contributed by atoms with Crippen molar-refractivity contribution in [2.24, 2.45) is 0 Å².